The van der Waals surface area contributed by atoms with Crippen molar-refractivity contribution in [2.75, 3.05) is 25.1 Å². The molecule has 0 bridgehead atoms. The van der Waals surface area contributed by atoms with Crippen LogP contribution in [0, 0.1) is 6.92 Å². The molecule has 6 heteroatoms. The summed E-state index contributed by atoms with van der Waals surface area (Å²) in [7, 11) is 0. The number of nitrogens with one attached hydrogen (secondary N) is 1. The predicted octanol–water partition coefficient (Wildman–Crippen LogP) is 2.44. The third-order valence-corrected chi connectivity index (χ3v) is 2.45. The third-order valence-electron chi connectivity index (χ3n) is 2.45. The van der Waals surface area contributed by atoms with Gasteiger partial charge in [-0.25, -0.2) is 4.98 Å². The van der Waals surface area contributed by atoms with Gasteiger partial charge in [-0.15, -0.1) is 0 Å². The van der Waals surface area contributed by atoms with E-state index in [0.29, 0.717) is 37.3 Å². The van der Waals surface area contributed by atoms with Crippen LogP contribution in [0.1, 0.15) is 12.7 Å². The second-order valence-corrected chi connectivity index (χ2v) is 4.48. The van der Waals surface area contributed by atoms with E-state index in [4.69, 9.17) is 9.26 Å². The Kier molecular flexibility index (Phi) is 4.84. The van der Waals surface area contributed by atoms with Crippen LogP contribution in [0.25, 0.3) is 11.5 Å². The molecule has 1 N–H and O–H groups in total. The summed E-state index contributed by atoms with van der Waals surface area (Å²) in [6.07, 6.45) is 1.71. The molecule has 0 saturated carbocycles. The molecule has 20 heavy (non-hydrogen) atoms. The first-order valence-corrected chi connectivity index (χ1v) is 6.38. The van der Waals surface area contributed by atoms with Gasteiger partial charge in [-0.05, 0) is 26.0 Å². The number of hydrogen-bond donors (Lipinski definition) is 1. The van der Waals surface area contributed by atoms with Crippen molar-refractivity contribution < 1.29 is 9.26 Å². The maximum Gasteiger partial charge on any atom is 0.261 e. The lowest BCUT2D eigenvalue weighted by atomic mass is 10.2. The van der Waals surface area contributed by atoms with Crippen LogP contribution in [0.4, 0.5) is 5.82 Å². The lowest BCUT2D eigenvalue weighted by molar-refractivity contribution is 0.167. The SMILES string of the molecule is C=C(C)COCCNc1ncccc1-c1nc(C)no1. The number of nitrogens with zero attached hydrogens (tertiary/aromatic N) is 3. The highest BCUT2D eigenvalue weighted by Crippen LogP contribution is 2.23. The molecule has 2 aromatic heterocycles. The van der Waals surface area contributed by atoms with Crippen LogP contribution < -0.4 is 5.32 Å². The average molecular weight is 274 g/mol. The number of anilines is 1. The van der Waals surface area contributed by atoms with Gasteiger partial charge in [-0.1, -0.05) is 17.3 Å². The lowest BCUT2D eigenvalue weighted by Crippen LogP contribution is -2.11. The van der Waals surface area contributed by atoms with Gasteiger partial charge in [-0.3, -0.25) is 0 Å². The molecule has 0 radical (unpaired) electrons. The van der Waals surface area contributed by atoms with Crippen molar-refractivity contribution >= 4 is 5.82 Å². The van der Waals surface area contributed by atoms with Gasteiger partial charge >= 0.3 is 0 Å². The highest BCUT2D eigenvalue weighted by atomic mass is 16.5. The van der Waals surface area contributed by atoms with Crippen molar-refractivity contribution in [1.82, 2.24) is 15.1 Å². The van der Waals surface area contributed by atoms with Gasteiger partial charge < -0.3 is 14.6 Å². The van der Waals surface area contributed by atoms with Crippen LogP contribution in [-0.2, 0) is 4.74 Å². The van der Waals surface area contributed by atoms with E-state index in [0.717, 1.165) is 11.1 Å². The smallest absolute Gasteiger partial charge is 0.261 e. The minimum atomic E-state index is 0.459. The molecular weight excluding hydrogens is 256 g/mol. The van der Waals surface area contributed by atoms with Crippen molar-refractivity contribution in [3.05, 3.63) is 36.3 Å². The molecular formula is C14H18N4O2. The Bertz CT molecular complexity index is 580. The van der Waals surface area contributed by atoms with E-state index < -0.39 is 0 Å². The first kappa shape index (κ1) is 14.2. The molecule has 106 valence electrons. The van der Waals surface area contributed by atoms with E-state index in [1.807, 2.05) is 19.1 Å². The maximum atomic E-state index is 5.43. The van der Waals surface area contributed by atoms with E-state index >= 15 is 0 Å². The number of aryl methyl sites for hydroxylation is 1. The minimum Gasteiger partial charge on any atom is -0.375 e. The van der Waals surface area contributed by atoms with Crippen LogP contribution in [0.2, 0.25) is 0 Å². The third kappa shape index (κ3) is 3.89. The monoisotopic (exact) mass is 274 g/mol. The van der Waals surface area contributed by atoms with Crippen LogP contribution in [0.3, 0.4) is 0 Å². The van der Waals surface area contributed by atoms with Crippen LogP contribution in [0.15, 0.2) is 35.0 Å². The summed E-state index contributed by atoms with van der Waals surface area (Å²) in [5, 5.41) is 6.99. The van der Waals surface area contributed by atoms with Gasteiger partial charge in [0.15, 0.2) is 5.82 Å². The summed E-state index contributed by atoms with van der Waals surface area (Å²) >= 11 is 0. The number of rotatable bonds is 7. The summed E-state index contributed by atoms with van der Waals surface area (Å²) in [4.78, 5) is 8.49. The normalized spacial score (nSPS) is 10.5. The molecule has 0 saturated heterocycles. The zero-order valence-electron chi connectivity index (χ0n) is 11.7. The van der Waals surface area contributed by atoms with Crippen molar-refractivity contribution in [3.63, 3.8) is 0 Å². The fourth-order valence-electron chi connectivity index (χ4n) is 1.61. The molecule has 0 aliphatic carbocycles. The molecule has 0 atom stereocenters. The first-order valence-electron chi connectivity index (χ1n) is 6.38. The molecule has 0 aromatic carbocycles. The largest absolute Gasteiger partial charge is 0.375 e. The number of aromatic nitrogens is 3. The van der Waals surface area contributed by atoms with Crippen LogP contribution in [-0.4, -0.2) is 34.9 Å². The molecule has 2 heterocycles. The maximum absolute atomic E-state index is 5.43. The molecule has 0 aliphatic rings. The van der Waals surface area contributed by atoms with E-state index in [1.165, 1.54) is 0 Å². The number of pyridine rings is 1. The second kappa shape index (κ2) is 6.81. The standard InChI is InChI=1S/C14H18N4O2/c1-10(2)9-19-8-7-16-13-12(5-4-6-15-13)14-17-11(3)18-20-14/h4-6H,1,7-9H2,2-3H3,(H,15,16). The molecule has 0 fully saturated rings. The fourth-order valence-corrected chi connectivity index (χ4v) is 1.61. The van der Waals surface area contributed by atoms with E-state index in [9.17, 15) is 0 Å². The molecule has 2 aromatic rings. The Balaban J connectivity index is 1.96. The summed E-state index contributed by atoms with van der Waals surface area (Å²) in [5.74, 6) is 1.76. The Labute approximate surface area is 117 Å². The quantitative estimate of drug-likeness (QED) is 0.617. The average Bonchev–Trinajstić information content (AvgIpc) is 2.85. The van der Waals surface area contributed by atoms with Crippen molar-refractivity contribution in [1.29, 1.82) is 0 Å². The van der Waals surface area contributed by atoms with Gasteiger partial charge in [0.05, 0.1) is 18.8 Å². The van der Waals surface area contributed by atoms with Gasteiger partial charge in [0.1, 0.15) is 5.82 Å². The summed E-state index contributed by atoms with van der Waals surface area (Å²) < 4.78 is 10.6. The molecule has 2 rings (SSSR count). The zero-order chi connectivity index (χ0) is 14.4. The van der Waals surface area contributed by atoms with Crippen molar-refractivity contribution in [2.45, 2.75) is 13.8 Å². The topological polar surface area (TPSA) is 73.1 Å². The van der Waals surface area contributed by atoms with Crippen LogP contribution >= 0.6 is 0 Å². The highest BCUT2D eigenvalue weighted by molar-refractivity contribution is 5.68. The van der Waals surface area contributed by atoms with Crippen molar-refractivity contribution in [3.8, 4) is 11.5 Å². The molecule has 0 amide bonds. The number of ether oxygens (including phenoxy) is 1. The fraction of sp³-hybridized carbons (Fsp3) is 0.357. The molecule has 0 unspecified atom stereocenters. The van der Waals surface area contributed by atoms with Crippen molar-refractivity contribution in [2.24, 2.45) is 0 Å². The Morgan fingerprint density at radius 2 is 2.35 bits per heavy atom. The second-order valence-electron chi connectivity index (χ2n) is 4.48. The van der Waals surface area contributed by atoms with E-state index in [1.54, 1.807) is 13.1 Å². The zero-order valence-corrected chi connectivity index (χ0v) is 11.7. The highest BCUT2D eigenvalue weighted by Gasteiger charge is 2.11. The number of hydrogen-bond acceptors (Lipinski definition) is 6. The Hall–Kier alpha value is -2.21. The predicted molar refractivity (Wildman–Crippen MR) is 76.4 cm³/mol. The molecule has 0 aliphatic heterocycles. The van der Waals surface area contributed by atoms with E-state index in [2.05, 4.69) is 27.0 Å². The first-order chi connectivity index (χ1) is 9.66. The van der Waals surface area contributed by atoms with Crippen LogP contribution in [0.5, 0.6) is 0 Å². The Morgan fingerprint density at radius 3 is 3.05 bits per heavy atom. The van der Waals surface area contributed by atoms with Gasteiger partial charge in [0, 0.05) is 12.7 Å². The molecule has 0 spiro atoms. The van der Waals surface area contributed by atoms with E-state index in [-0.39, 0.29) is 0 Å². The summed E-state index contributed by atoms with van der Waals surface area (Å²) in [6, 6.07) is 3.72. The Morgan fingerprint density at radius 1 is 1.50 bits per heavy atom. The molecule has 6 nitrogen and oxygen atoms in total. The van der Waals surface area contributed by atoms with Gasteiger partial charge in [-0.2, -0.15) is 4.98 Å². The summed E-state index contributed by atoms with van der Waals surface area (Å²) in [6.45, 7) is 9.28. The minimum absolute atomic E-state index is 0.459. The summed E-state index contributed by atoms with van der Waals surface area (Å²) in [5.41, 5.74) is 1.79. The van der Waals surface area contributed by atoms with Gasteiger partial charge in [0.2, 0.25) is 0 Å². The van der Waals surface area contributed by atoms with Gasteiger partial charge in [0.25, 0.3) is 5.89 Å². The lowest BCUT2D eigenvalue weighted by Gasteiger charge is -2.08.